The maximum Gasteiger partial charge on any atom is 0.342 e. The molecule has 0 unspecified atom stereocenters. The van der Waals surface area contributed by atoms with Gasteiger partial charge in [-0.2, -0.15) is 0 Å². The van der Waals surface area contributed by atoms with Crippen molar-refractivity contribution in [3.8, 4) is 5.75 Å². The molecule has 2 N–H and O–H groups in total. The monoisotopic (exact) mass is 341 g/mol. The summed E-state index contributed by atoms with van der Waals surface area (Å²) in [7, 11) is 0. The van der Waals surface area contributed by atoms with Crippen LogP contribution >= 0.6 is 0 Å². The Balaban J connectivity index is 2.10. The SMILES string of the molecule is Cc1cc(C)c(NC(=O)[C@H](C)OC(=O)c2cc(C)ccc2O)c(C)c1. The Labute approximate surface area is 147 Å². The maximum atomic E-state index is 12.4. The number of nitrogens with one attached hydrogen (secondary N) is 1. The van der Waals surface area contributed by atoms with E-state index >= 15 is 0 Å². The van der Waals surface area contributed by atoms with Gasteiger partial charge in [-0.05, 0) is 57.9 Å². The third-order valence-electron chi connectivity index (χ3n) is 3.95. The first-order valence-electron chi connectivity index (χ1n) is 8.08. The number of aromatic hydroxyl groups is 1. The van der Waals surface area contributed by atoms with Gasteiger partial charge in [-0.3, -0.25) is 4.79 Å². The third-order valence-corrected chi connectivity index (χ3v) is 3.95. The van der Waals surface area contributed by atoms with Crippen molar-refractivity contribution in [3.05, 3.63) is 58.1 Å². The number of ether oxygens (including phenoxy) is 1. The van der Waals surface area contributed by atoms with E-state index in [1.165, 1.54) is 19.1 Å². The molecule has 5 heteroatoms. The average molecular weight is 341 g/mol. The normalized spacial score (nSPS) is 11.7. The summed E-state index contributed by atoms with van der Waals surface area (Å²) < 4.78 is 5.20. The van der Waals surface area contributed by atoms with E-state index in [2.05, 4.69) is 5.32 Å². The second-order valence-electron chi connectivity index (χ2n) is 6.33. The Kier molecular flexibility index (Phi) is 5.47. The van der Waals surface area contributed by atoms with Crippen LogP contribution in [0.5, 0.6) is 5.75 Å². The zero-order chi connectivity index (χ0) is 18.7. The molecule has 0 fully saturated rings. The van der Waals surface area contributed by atoms with Gasteiger partial charge >= 0.3 is 5.97 Å². The largest absolute Gasteiger partial charge is 0.507 e. The van der Waals surface area contributed by atoms with E-state index in [0.717, 1.165) is 27.9 Å². The van der Waals surface area contributed by atoms with Crippen molar-refractivity contribution in [2.24, 2.45) is 0 Å². The predicted octanol–water partition coefficient (Wildman–Crippen LogP) is 3.81. The van der Waals surface area contributed by atoms with Crippen molar-refractivity contribution >= 4 is 17.6 Å². The molecule has 2 aromatic rings. The summed E-state index contributed by atoms with van der Waals surface area (Å²) in [6.45, 7) is 9.12. The van der Waals surface area contributed by atoms with Crippen LogP contribution in [-0.4, -0.2) is 23.1 Å². The van der Waals surface area contributed by atoms with Crippen molar-refractivity contribution in [2.45, 2.75) is 40.7 Å². The standard InChI is InChI=1S/C20H23NO4/c1-11-6-7-17(22)16(10-11)20(24)25-15(5)19(23)21-18-13(3)8-12(2)9-14(18)4/h6-10,15,22H,1-5H3,(H,21,23)/t15-/m0/s1. The molecule has 0 bridgehead atoms. The van der Waals surface area contributed by atoms with E-state index in [9.17, 15) is 14.7 Å². The molecule has 132 valence electrons. The van der Waals surface area contributed by atoms with Crippen LogP contribution in [0, 0.1) is 27.7 Å². The zero-order valence-corrected chi connectivity index (χ0v) is 15.1. The van der Waals surface area contributed by atoms with Crippen LogP contribution in [0.15, 0.2) is 30.3 Å². The number of phenolic OH excluding ortho intramolecular Hbond substituents is 1. The third kappa shape index (κ3) is 4.38. The first-order chi connectivity index (χ1) is 11.7. The smallest absolute Gasteiger partial charge is 0.342 e. The van der Waals surface area contributed by atoms with Gasteiger partial charge in [0.2, 0.25) is 0 Å². The minimum absolute atomic E-state index is 0.0438. The quantitative estimate of drug-likeness (QED) is 0.829. The van der Waals surface area contributed by atoms with Crippen molar-refractivity contribution in [2.75, 3.05) is 5.32 Å². The van der Waals surface area contributed by atoms with Crippen molar-refractivity contribution in [3.63, 3.8) is 0 Å². The molecule has 0 spiro atoms. The number of carbonyl (C=O) groups excluding carboxylic acids is 2. The van der Waals surface area contributed by atoms with Crippen LogP contribution in [-0.2, 0) is 9.53 Å². The van der Waals surface area contributed by atoms with Crippen LogP contribution < -0.4 is 5.32 Å². The summed E-state index contributed by atoms with van der Waals surface area (Å²) in [4.78, 5) is 24.6. The average Bonchev–Trinajstić information content (AvgIpc) is 2.52. The highest BCUT2D eigenvalue weighted by atomic mass is 16.5. The second-order valence-corrected chi connectivity index (χ2v) is 6.33. The molecule has 0 aliphatic rings. The number of amides is 1. The number of benzene rings is 2. The number of phenols is 1. The van der Waals surface area contributed by atoms with Gasteiger partial charge in [0.15, 0.2) is 6.10 Å². The molecule has 1 atom stereocenters. The minimum atomic E-state index is -0.993. The zero-order valence-electron chi connectivity index (χ0n) is 15.1. The number of hydrogen-bond acceptors (Lipinski definition) is 4. The Morgan fingerprint density at radius 2 is 1.60 bits per heavy atom. The Hall–Kier alpha value is -2.82. The molecule has 0 aromatic heterocycles. The number of anilines is 1. The lowest BCUT2D eigenvalue weighted by molar-refractivity contribution is -0.123. The summed E-state index contributed by atoms with van der Waals surface area (Å²) in [5.41, 5.74) is 4.58. The van der Waals surface area contributed by atoms with E-state index in [4.69, 9.17) is 4.74 Å². The lowest BCUT2D eigenvalue weighted by Crippen LogP contribution is -2.30. The molecular formula is C20H23NO4. The molecule has 0 saturated heterocycles. The summed E-state index contributed by atoms with van der Waals surface area (Å²) >= 11 is 0. The van der Waals surface area contributed by atoms with Crippen LogP contribution in [0.4, 0.5) is 5.69 Å². The van der Waals surface area contributed by atoms with Gasteiger partial charge in [-0.1, -0.05) is 29.3 Å². The number of hydrogen-bond donors (Lipinski definition) is 2. The van der Waals surface area contributed by atoms with Crippen molar-refractivity contribution in [1.82, 2.24) is 0 Å². The van der Waals surface area contributed by atoms with Crippen molar-refractivity contribution in [1.29, 1.82) is 0 Å². The van der Waals surface area contributed by atoms with Crippen LogP contribution in [0.25, 0.3) is 0 Å². The van der Waals surface area contributed by atoms with Gasteiger partial charge in [0.1, 0.15) is 11.3 Å². The summed E-state index contributed by atoms with van der Waals surface area (Å²) in [6.07, 6.45) is -0.993. The molecule has 2 aromatic carbocycles. The summed E-state index contributed by atoms with van der Waals surface area (Å²) in [5.74, 6) is -1.33. The maximum absolute atomic E-state index is 12.4. The van der Waals surface area contributed by atoms with Crippen molar-refractivity contribution < 1.29 is 19.4 Å². The van der Waals surface area contributed by atoms with Gasteiger partial charge in [-0.25, -0.2) is 4.79 Å². The fraction of sp³-hybridized carbons (Fsp3) is 0.300. The first-order valence-corrected chi connectivity index (χ1v) is 8.08. The summed E-state index contributed by atoms with van der Waals surface area (Å²) in [6, 6.07) is 8.59. The Morgan fingerprint density at radius 3 is 2.20 bits per heavy atom. The number of carbonyl (C=O) groups is 2. The lowest BCUT2D eigenvalue weighted by atomic mass is 10.0. The van der Waals surface area contributed by atoms with Gasteiger partial charge in [-0.15, -0.1) is 0 Å². The van der Waals surface area contributed by atoms with E-state index in [1.807, 2.05) is 32.9 Å². The topological polar surface area (TPSA) is 75.6 Å². The Bertz CT molecular complexity index is 803. The second kappa shape index (κ2) is 7.38. The molecular weight excluding hydrogens is 318 g/mol. The van der Waals surface area contributed by atoms with E-state index < -0.39 is 18.0 Å². The van der Waals surface area contributed by atoms with Crippen LogP contribution in [0.1, 0.15) is 39.5 Å². The highest BCUT2D eigenvalue weighted by Crippen LogP contribution is 2.23. The van der Waals surface area contributed by atoms with E-state index in [1.54, 1.807) is 13.0 Å². The summed E-state index contributed by atoms with van der Waals surface area (Å²) in [5, 5.41) is 12.6. The molecule has 0 heterocycles. The lowest BCUT2D eigenvalue weighted by Gasteiger charge is -2.17. The Morgan fingerprint density at radius 1 is 1.00 bits per heavy atom. The first kappa shape index (κ1) is 18.5. The van der Waals surface area contributed by atoms with E-state index in [-0.39, 0.29) is 11.3 Å². The molecule has 2 rings (SSSR count). The van der Waals surface area contributed by atoms with Crippen LogP contribution in [0.2, 0.25) is 0 Å². The molecule has 1 amide bonds. The highest BCUT2D eigenvalue weighted by molar-refractivity contribution is 5.99. The molecule has 0 aliphatic carbocycles. The molecule has 0 saturated carbocycles. The van der Waals surface area contributed by atoms with Crippen LogP contribution in [0.3, 0.4) is 0 Å². The molecule has 0 aliphatic heterocycles. The van der Waals surface area contributed by atoms with Gasteiger partial charge < -0.3 is 15.2 Å². The minimum Gasteiger partial charge on any atom is -0.507 e. The molecule has 0 radical (unpaired) electrons. The number of aryl methyl sites for hydroxylation is 4. The van der Waals surface area contributed by atoms with Gasteiger partial charge in [0, 0.05) is 5.69 Å². The molecule has 25 heavy (non-hydrogen) atoms. The van der Waals surface area contributed by atoms with Gasteiger partial charge in [0.05, 0.1) is 0 Å². The van der Waals surface area contributed by atoms with E-state index in [0.29, 0.717) is 0 Å². The highest BCUT2D eigenvalue weighted by Gasteiger charge is 2.22. The molecule has 5 nitrogen and oxygen atoms in total. The van der Waals surface area contributed by atoms with Gasteiger partial charge in [0.25, 0.3) is 5.91 Å². The predicted molar refractivity (Wildman–Crippen MR) is 97.0 cm³/mol. The number of esters is 1. The number of rotatable bonds is 4. The fourth-order valence-corrected chi connectivity index (χ4v) is 2.69. The fourth-order valence-electron chi connectivity index (χ4n) is 2.69.